The highest BCUT2D eigenvalue weighted by Crippen LogP contribution is 2.25. The van der Waals surface area contributed by atoms with E-state index in [1.54, 1.807) is 13.8 Å². The van der Waals surface area contributed by atoms with Gasteiger partial charge in [0.2, 0.25) is 0 Å². The second-order valence-electron chi connectivity index (χ2n) is 4.64. The molecule has 2 N–H and O–H groups in total. The number of aliphatic hydroxyl groups is 1. The van der Waals surface area contributed by atoms with Crippen LogP contribution in [0.2, 0.25) is 0 Å². The van der Waals surface area contributed by atoms with Crippen LogP contribution in [0.25, 0.3) is 0 Å². The Kier molecular flexibility index (Phi) is 3.37. The molecule has 3 heteroatoms. The van der Waals surface area contributed by atoms with Gasteiger partial charge in [0.1, 0.15) is 5.60 Å². The number of para-hydroxylation sites is 1. The van der Waals surface area contributed by atoms with Crippen molar-refractivity contribution in [3.05, 3.63) is 30.3 Å². The molecule has 15 heavy (non-hydrogen) atoms. The van der Waals surface area contributed by atoms with E-state index in [4.69, 9.17) is 4.84 Å². The van der Waals surface area contributed by atoms with E-state index in [-0.39, 0.29) is 0 Å². The van der Waals surface area contributed by atoms with Crippen LogP contribution in [-0.4, -0.2) is 16.3 Å². The van der Waals surface area contributed by atoms with Crippen LogP contribution in [0.15, 0.2) is 30.3 Å². The summed E-state index contributed by atoms with van der Waals surface area (Å²) in [7, 11) is 0. The number of nitrogens with one attached hydrogen (secondary N) is 1. The van der Waals surface area contributed by atoms with Crippen molar-refractivity contribution in [1.82, 2.24) is 0 Å². The Morgan fingerprint density at radius 1 is 1.07 bits per heavy atom. The van der Waals surface area contributed by atoms with Crippen molar-refractivity contribution >= 4 is 5.69 Å². The van der Waals surface area contributed by atoms with E-state index in [0.29, 0.717) is 0 Å². The first kappa shape index (κ1) is 12.0. The molecule has 0 bridgehead atoms. The number of rotatable bonds is 4. The molecule has 0 saturated heterocycles. The molecule has 1 aromatic rings. The molecule has 0 aliphatic heterocycles. The van der Waals surface area contributed by atoms with Gasteiger partial charge in [0.05, 0.1) is 11.3 Å². The lowest BCUT2D eigenvalue weighted by Crippen LogP contribution is -2.48. The van der Waals surface area contributed by atoms with Crippen molar-refractivity contribution in [2.24, 2.45) is 0 Å². The second kappa shape index (κ2) is 4.21. The number of anilines is 1. The van der Waals surface area contributed by atoms with Crippen LogP contribution in [0.3, 0.4) is 0 Å². The van der Waals surface area contributed by atoms with Gasteiger partial charge >= 0.3 is 0 Å². The van der Waals surface area contributed by atoms with Crippen molar-refractivity contribution in [2.45, 2.75) is 38.9 Å². The summed E-state index contributed by atoms with van der Waals surface area (Å²) >= 11 is 0. The van der Waals surface area contributed by atoms with E-state index in [1.165, 1.54) is 0 Å². The lowest BCUT2D eigenvalue weighted by Gasteiger charge is -2.36. The number of hydrogen-bond donors (Lipinski definition) is 2. The Morgan fingerprint density at radius 3 is 2.07 bits per heavy atom. The third-order valence-electron chi connectivity index (χ3n) is 2.67. The number of hydrogen-bond acceptors (Lipinski definition) is 3. The highest BCUT2D eigenvalue weighted by molar-refractivity contribution is 5.40. The minimum atomic E-state index is -0.908. The Bertz CT molecular complexity index is 301. The summed E-state index contributed by atoms with van der Waals surface area (Å²) in [5, 5.41) is 9.86. The average Bonchev–Trinajstić information content (AvgIpc) is 2.15. The predicted molar refractivity (Wildman–Crippen MR) is 61.5 cm³/mol. The quantitative estimate of drug-likeness (QED) is 0.749. The third kappa shape index (κ3) is 3.22. The summed E-state index contributed by atoms with van der Waals surface area (Å²) in [5.41, 5.74) is 2.13. The van der Waals surface area contributed by atoms with Crippen LogP contribution in [0.5, 0.6) is 0 Å². The fourth-order valence-corrected chi connectivity index (χ4v) is 0.818. The van der Waals surface area contributed by atoms with Crippen LogP contribution >= 0.6 is 0 Å². The largest absolute Gasteiger partial charge is 0.387 e. The van der Waals surface area contributed by atoms with Gasteiger partial charge in [-0.25, -0.2) is 0 Å². The smallest absolute Gasteiger partial charge is 0.118 e. The molecule has 0 fully saturated rings. The summed E-state index contributed by atoms with van der Waals surface area (Å²) in [6.45, 7) is 7.12. The minimum absolute atomic E-state index is 0.664. The van der Waals surface area contributed by atoms with E-state index >= 15 is 0 Å². The molecule has 0 spiro atoms. The lowest BCUT2D eigenvalue weighted by atomic mass is 9.90. The molecule has 0 aromatic heterocycles. The van der Waals surface area contributed by atoms with E-state index in [9.17, 15) is 5.11 Å². The summed E-state index contributed by atoms with van der Waals surface area (Å²) < 4.78 is 0. The van der Waals surface area contributed by atoms with Crippen LogP contribution < -0.4 is 5.48 Å². The number of benzene rings is 1. The fraction of sp³-hybridized carbons (Fsp3) is 0.500. The summed E-state index contributed by atoms with van der Waals surface area (Å²) in [4.78, 5) is 5.48. The van der Waals surface area contributed by atoms with Gasteiger partial charge in [0.25, 0.3) is 0 Å². The first-order valence-electron chi connectivity index (χ1n) is 5.04. The molecular formula is C12H19NO2. The molecular weight excluding hydrogens is 190 g/mol. The Morgan fingerprint density at radius 2 is 1.60 bits per heavy atom. The maximum absolute atomic E-state index is 9.86. The predicted octanol–water partition coefficient (Wildman–Crippen LogP) is 2.58. The Labute approximate surface area is 91.0 Å². The molecule has 1 rings (SSSR count). The molecule has 0 atom stereocenters. The van der Waals surface area contributed by atoms with Crippen molar-refractivity contribution in [3.8, 4) is 0 Å². The van der Waals surface area contributed by atoms with Crippen molar-refractivity contribution in [1.29, 1.82) is 0 Å². The molecule has 0 aliphatic rings. The highest BCUT2D eigenvalue weighted by Gasteiger charge is 2.36. The monoisotopic (exact) mass is 209 g/mol. The van der Waals surface area contributed by atoms with Crippen LogP contribution in [0, 0.1) is 0 Å². The molecule has 0 saturated carbocycles. The SMILES string of the molecule is CC(C)(O)C(C)(C)ONc1ccccc1. The van der Waals surface area contributed by atoms with Gasteiger partial charge in [-0.2, -0.15) is 0 Å². The summed E-state index contributed by atoms with van der Waals surface area (Å²) in [5.74, 6) is 0. The zero-order valence-corrected chi connectivity index (χ0v) is 9.74. The Balaban J connectivity index is 2.58. The van der Waals surface area contributed by atoms with Gasteiger partial charge in [0.15, 0.2) is 0 Å². The normalized spacial score (nSPS) is 12.6. The fourth-order valence-electron chi connectivity index (χ4n) is 0.818. The average molecular weight is 209 g/mol. The van der Waals surface area contributed by atoms with Crippen molar-refractivity contribution < 1.29 is 9.94 Å². The minimum Gasteiger partial charge on any atom is -0.387 e. The van der Waals surface area contributed by atoms with E-state index < -0.39 is 11.2 Å². The van der Waals surface area contributed by atoms with E-state index in [0.717, 1.165) is 5.69 Å². The first-order valence-corrected chi connectivity index (χ1v) is 5.04. The molecule has 3 nitrogen and oxygen atoms in total. The zero-order valence-electron chi connectivity index (χ0n) is 9.74. The first-order chi connectivity index (χ1) is 6.83. The van der Waals surface area contributed by atoms with Crippen molar-refractivity contribution in [2.75, 3.05) is 5.48 Å². The van der Waals surface area contributed by atoms with Gasteiger partial charge in [-0.15, -0.1) is 0 Å². The maximum atomic E-state index is 9.86. The van der Waals surface area contributed by atoms with Gasteiger partial charge in [-0.05, 0) is 39.8 Å². The second-order valence-corrected chi connectivity index (χ2v) is 4.64. The standard InChI is InChI=1S/C12H19NO2/c1-11(2,14)12(3,4)15-13-10-8-6-5-7-9-10/h5-9,13-14H,1-4H3. The zero-order chi connectivity index (χ0) is 11.5. The molecule has 84 valence electrons. The topological polar surface area (TPSA) is 41.5 Å². The van der Waals surface area contributed by atoms with Gasteiger partial charge in [-0.1, -0.05) is 18.2 Å². The lowest BCUT2D eigenvalue weighted by molar-refractivity contribution is -0.130. The summed E-state index contributed by atoms with van der Waals surface area (Å²) in [6, 6.07) is 9.58. The highest BCUT2D eigenvalue weighted by atomic mass is 16.7. The molecule has 0 heterocycles. The van der Waals surface area contributed by atoms with E-state index in [2.05, 4.69) is 5.48 Å². The van der Waals surface area contributed by atoms with E-state index in [1.807, 2.05) is 44.2 Å². The third-order valence-corrected chi connectivity index (χ3v) is 2.67. The van der Waals surface area contributed by atoms with Crippen LogP contribution in [0.1, 0.15) is 27.7 Å². The molecule has 0 radical (unpaired) electrons. The summed E-state index contributed by atoms with van der Waals surface area (Å²) in [6.07, 6.45) is 0. The van der Waals surface area contributed by atoms with Gasteiger partial charge in [-0.3, -0.25) is 10.3 Å². The van der Waals surface area contributed by atoms with Gasteiger partial charge in [0, 0.05) is 0 Å². The Hall–Kier alpha value is -1.06. The molecule has 0 aliphatic carbocycles. The maximum Gasteiger partial charge on any atom is 0.118 e. The molecule has 0 amide bonds. The van der Waals surface area contributed by atoms with Crippen molar-refractivity contribution in [3.63, 3.8) is 0 Å². The molecule has 1 aromatic carbocycles. The molecule has 0 unspecified atom stereocenters. The van der Waals surface area contributed by atoms with Gasteiger partial charge < -0.3 is 5.11 Å². The van der Waals surface area contributed by atoms with Crippen LogP contribution in [-0.2, 0) is 4.84 Å². The van der Waals surface area contributed by atoms with Crippen LogP contribution in [0.4, 0.5) is 5.69 Å².